The summed E-state index contributed by atoms with van der Waals surface area (Å²) in [6, 6.07) is 0. The van der Waals surface area contributed by atoms with Gasteiger partial charge in [0.2, 0.25) is 0 Å². The van der Waals surface area contributed by atoms with E-state index in [2.05, 4.69) is 13.8 Å². The molecule has 4 fully saturated rings. The smallest absolute Gasteiger partial charge is 0.151 e. The fourth-order valence-corrected chi connectivity index (χ4v) is 7.37. The molecule has 3 heteroatoms. The van der Waals surface area contributed by atoms with Crippen LogP contribution in [0, 0.1) is 34.5 Å². The molecule has 0 aromatic rings. The van der Waals surface area contributed by atoms with E-state index in [1.807, 2.05) is 0 Å². The summed E-state index contributed by atoms with van der Waals surface area (Å²) in [5.41, 5.74) is -0.234. The Bertz CT molecular complexity index is 557. The SMILES string of the molecule is CO[C@]1(C=O)CC[C@@]2(C)C(CC[C@@H]3[C@@H]2CC[C@]2(C)C(=O)CC[C@@H]32)C1. The van der Waals surface area contributed by atoms with Gasteiger partial charge >= 0.3 is 0 Å². The molecule has 0 N–H and O–H groups in total. The summed E-state index contributed by atoms with van der Waals surface area (Å²) < 4.78 is 5.64. The minimum absolute atomic E-state index is 0.0296. The number of hydrogen-bond donors (Lipinski definition) is 0. The van der Waals surface area contributed by atoms with Crippen LogP contribution in [0.3, 0.4) is 0 Å². The molecule has 0 aliphatic heterocycles. The van der Waals surface area contributed by atoms with Crippen molar-refractivity contribution < 1.29 is 14.3 Å². The predicted molar refractivity (Wildman–Crippen MR) is 92.5 cm³/mol. The van der Waals surface area contributed by atoms with E-state index in [4.69, 9.17) is 4.74 Å². The Hall–Kier alpha value is -0.700. The summed E-state index contributed by atoms with van der Waals surface area (Å²) in [5, 5.41) is 0. The van der Waals surface area contributed by atoms with E-state index in [1.54, 1.807) is 7.11 Å². The molecule has 7 atom stereocenters. The zero-order valence-corrected chi connectivity index (χ0v) is 15.5. The lowest BCUT2D eigenvalue weighted by molar-refractivity contribution is -0.164. The summed E-state index contributed by atoms with van der Waals surface area (Å²) in [7, 11) is 1.69. The molecule has 0 aromatic heterocycles. The Morgan fingerprint density at radius 1 is 1.04 bits per heavy atom. The molecular formula is C21H32O3. The van der Waals surface area contributed by atoms with Crippen molar-refractivity contribution in [3.8, 4) is 0 Å². The van der Waals surface area contributed by atoms with Gasteiger partial charge in [0.1, 0.15) is 11.4 Å². The van der Waals surface area contributed by atoms with Crippen LogP contribution in [0.5, 0.6) is 0 Å². The number of carbonyl (C=O) groups excluding carboxylic acids is 2. The first-order chi connectivity index (χ1) is 11.4. The number of ketones is 1. The molecule has 0 saturated heterocycles. The molecule has 0 spiro atoms. The number of Topliss-reactive ketones (excluding diaryl/α,β-unsaturated/α-hetero) is 1. The average molecular weight is 332 g/mol. The van der Waals surface area contributed by atoms with E-state index < -0.39 is 5.60 Å². The number of aldehydes is 1. The number of carbonyl (C=O) groups is 2. The van der Waals surface area contributed by atoms with Gasteiger partial charge in [-0.1, -0.05) is 13.8 Å². The summed E-state index contributed by atoms with van der Waals surface area (Å²) in [6.07, 6.45) is 10.6. The van der Waals surface area contributed by atoms with Crippen molar-refractivity contribution in [3.05, 3.63) is 0 Å². The van der Waals surface area contributed by atoms with E-state index in [1.165, 1.54) is 19.3 Å². The van der Waals surface area contributed by atoms with Crippen LogP contribution in [0.25, 0.3) is 0 Å². The second-order valence-electron chi connectivity index (χ2n) is 9.67. The van der Waals surface area contributed by atoms with Crippen LogP contribution in [0.15, 0.2) is 0 Å². The minimum atomic E-state index is -0.538. The maximum atomic E-state index is 12.5. The third kappa shape index (κ3) is 2.06. The predicted octanol–water partition coefficient (Wildman–Crippen LogP) is 4.18. The fraction of sp³-hybridized carbons (Fsp3) is 0.905. The second kappa shape index (κ2) is 5.40. The fourth-order valence-electron chi connectivity index (χ4n) is 7.37. The first-order valence-electron chi connectivity index (χ1n) is 9.93. The lowest BCUT2D eigenvalue weighted by Crippen LogP contribution is -2.56. The maximum absolute atomic E-state index is 12.5. The highest BCUT2D eigenvalue weighted by atomic mass is 16.5. The van der Waals surface area contributed by atoms with Gasteiger partial charge in [0.05, 0.1) is 0 Å². The third-order valence-corrected chi connectivity index (χ3v) is 9.07. The molecule has 4 rings (SSSR count). The lowest BCUT2D eigenvalue weighted by Gasteiger charge is -2.61. The lowest BCUT2D eigenvalue weighted by atomic mass is 9.44. The molecule has 4 aliphatic rings. The maximum Gasteiger partial charge on any atom is 0.151 e. The Balaban J connectivity index is 1.61. The van der Waals surface area contributed by atoms with Gasteiger partial charge < -0.3 is 9.53 Å². The van der Waals surface area contributed by atoms with E-state index in [-0.39, 0.29) is 5.41 Å². The molecule has 134 valence electrons. The quantitative estimate of drug-likeness (QED) is 0.712. The van der Waals surface area contributed by atoms with Gasteiger partial charge in [-0.25, -0.2) is 0 Å². The molecule has 24 heavy (non-hydrogen) atoms. The van der Waals surface area contributed by atoms with Crippen LogP contribution < -0.4 is 0 Å². The van der Waals surface area contributed by atoms with Gasteiger partial charge in [0.15, 0.2) is 6.29 Å². The molecule has 0 amide bonds. The average Bonchev–Trinajstić information content (AvgIpc) is 2.90. The normalized spacial score (nSPS) is 53.9. The van der Waals surface area contributed by atoms with Gasteiger partial charge in [-0.05, 0) is 80.5 Å². The summed E-state index contributed by atoms with van der Waals surface area (Å²) >= 11 is 0. The Kier molecular flexibility index (Phi) is 3.77. The molecule has 3 nitrogen and oxygen atoms in total. The van der Waals surface area contributed by atoms with Crippen molar-refractivity contribution in [2.75, 3.05) is 7.11 Å². The monoisotopic (exact) mass is 332 g/mol. The molecule has 0 radical (unpaired) electrons. The number of fused-ring (bicyclic) bond motifs is 5. The van der Waals surface area contributed by atoms with Crippen LogP contribution in [-0.4, -0.2) is 24.8 Å². The molecule has 4 saturated carbocycles. The van der Waals surface area contributed by atoms with Gasteiger partial charge in [-0.3, -0.25) is 4.79 Å². The third-order valence-electron chi connectivity index (χ3n) is 9.07. The second-order valence-corrected chi connectivity index (χ2v) is 9.67. The number of methoxy groups -OCH3 is 1. The van der Waals surface area contributed by atoms with Gasteiger partial charge in [0.25, 0.3) is 0 Å². The van der Waals surface area contributed by atoms with Crippen molar-refractivity contribution in [1.29, 1.82) is 0 Å². The van der Waals surface area contributed by atoms with Crippen LogP contribution in [0.1, 0.15) is 71.6 Å². The minimum Gasteiger partial charge on any atom is -0.371 e. The molecule has 0 bridgehead atoms. The number of rotatable bonds is 2. The molecule has 4 aliphatic carbocycles. The highest BCUT2D eigenvalue weighted by Crippen LogP contribution is 2.66. The zero-order valence-electron chi connectivity index (χ0n) is 15.5. The van der Waals surface area contributed by atoms with Crippen LogP contribution in [-0.2, 0) is 14.3 Å². The molecule has 0 heterocycles. The highest BCUT2D eigenvalue weighted by molar-refractivity contribution is 5.87. The molecule has 0 aromatic carbocycles. The standard InChI is InChI=1S/C21H32O3/c1-19-10-11-21(13-22,24-3)12-14(19)4-5-15-16-6-7-18(23)20(16,2)9-8-17(15)19/h13-17H,4-12H2,1-3H3/t14?,15-,16-,17-,19-,20-,21+/m0/s1. The van der Waals surface area contributed by atoms with E-state index in [0.717, 1.165) is 56.6 Å². The summed E-state index contributed by atoms with van der Waals surface area (Å²) in [6.45, 7) is 4.74. The van der Waals surface area contributed by atoms with Crippen molar-refractivity contribution in [2.45, 2.75) is 77.2 Å². The van der Waals surface area contributed by atoms with E-state index in [9.17, 15) is 9.59 Å². The van der Waals surface area contributed by atoms with Crippen molar-refractivity contribution in [3.63, 3.8) is 0 Å². The topological polar surface area (TPSA) is 43.4 Å². The van der Waals surface area contributed by atoms with Crippen LogP contribution in [0.2, 0.25) is 0 Å². The first-order valence-corrected chi connectivity index (χ1v) is 9.93. The largest absolute Gasteiger partial charge is 0.371 e. The van der Waals surface area contributed by atoms with E-state index in [0.29, 0.717) is 23.0 Å². The molecule has 1 unspecified atom stereocenters. The van der Waals surface area contributed by atoms with Gasteiger partial charge in [0, 0.05) is 18.9 Å². The Labute approximate surface area is 145 Å². The van der Waals surface area contributed by atoms with Crippen LogP contribution >= 0.6 is 0 Å². The van der Waals surface area contributed by atoms with Crippen molar-refractivity contribution in [1.82, 2.24) is 0 Å². The number of hydrogen-bond acceptors (Lipinski definition) is 3. The van der Waals surface area contributed by atoms with Crippen molar-refractivity contribution in [2.24, 2.45) is 34.5 Å². The summed E-state index contributed by atoms with van der Waals surface area (Å²) in [4.78, 5) is 24.1. The van der Waals surface area contributed by atoms with Gasteiger partial charge in [-0.2, -0.15) is 0 Å². The molecular weight excluding hydrogens is 300 g/mol. The highest BCUT2D eigenvalue weighted by Gasteiger charge is 2.61. The van der Waals surface area contributed by atoms with Gasteiger partial charge in [-0.15, -0.1) is 0 Å². The van der Waals surface area contributed by atoms with Crippen molar-refractivity contribution >= 4 is 12.1 Å². The Morgan fingerprint density at radius 3 is 2.54 bits per heavy atom. The van der Waals surface area contributed by atoms with E-state index >= 15 is 0 Å². The first kappa shape index (κ1) is 16.8. The summed E-state index contributed by atoms with van der Waals surface area (Å²) in [5.74, 6) is 3.20. The number of ether oxygens (including phenoxy) is 1. The zero-order chi connectivity index (χ0) is 17.2. The van der Waals surface area contributed by atoms with Crippen LogP contribution in [0.4, 0.5) is 0 Å². The Morgan fingerprint density at radius 2 is 1.83 bits per heavy atom.